The molecular formula is C19H27N3O4. The fourth-order valence-electron chi connectivity index (χ4n) is 4.03. The maximum absolute atomic E-state index is 13.0. The zero-order valence-electron chi connectivity index (χ0n) is 15.6. The Labute approximate surface area is 153 Å². The number of carboxylic acids is 1. The van der Waals surface area contributed by atoms with Crippen LogP contribution in [-0.2, 0) is 9.53 Å². The van der Waals surface area contributed by atoms with E-state index in [0.29, 0.717) is 25.1 Å². The van der Waals surface area contributed by atoms with Gasteiger partial charge >= 0.3 is 5.97 Å². The molecule has 4 atom stereocenters. The summed E-state index contributed by atoms with van der Waals surface area (Å²) in [7, 11) is 0. The fourth-order valence-corrected chi connectivity index (χ4v) is 4.03. The van der Waals surface area contributed by atoms with Crippen molar-refractivity contribution in [2.45, 2.75) is 51.9 Å². The number of aliphatic carboxylic acids is 1. The van der Waals surface area contributed by atoms with Crippen LogP contribution in [-0.4, -0.2) is 64.8 Å². The van der Waals surface area contributed by atoms with E-state index < -0.39 is 11.9 Å². The van der Waals surface area contributed by atoms with Crippen molar-refractivity contribution < 1.29 is 19.4 Å². The second kappa shape index (κ2) is 7.61. The summed E-state index contributed by atoms with van der Waals surface area (Å²) in [5.41, 5.74) is 1.32. The van der Waals surface area contributed by atoms with Crippen LogP contribution in [0.3, 0.4) is 0 Å². The third-order valence-electron chi connectivity index (χ3n) is 5.31. The number of piperidine rings is 1. The van der Waals surface area contributed by atoms with E-state index in [1.165, 1.54) is 0 Å². The van der Waals surface area contributed by atoms with Gasteiger partial charge in [-0.15, -0.1) is 0 Å². The SMILES string of the molecule is CC1CN(c2ccnc(C(=O)N3CCC[C@H](C(=O)O)[C@@H]3C)c2)CC(C)O1. The van der Waals surface area contributed by atoms with Gasteiger partial charge in [-0.3, -0.25) is 14.6 Å². The first-order valence-corrected chi connectivity index (χ1v) is 9.27. The van der Waals surface area contributed by atoms with E-state index >= 15 is 0 Å². The van der Waals surface area contributed by atoms with Gasteiger partial charge in [-0.25, -0.2) is 0 Å². The van der Waals surface area contributed by atoms with Crippen LogP contribution in [0.5, 0.6) is 0 Å². The number of carbonyl (C=O) groups is 2. The van der Waals surface area contributed by atoms with Crippen LogP contribution in [0.2, 0.25) is 0 Å². The Morgan fingerprint density at radius 1 is 1.23 bits per heavy atom. The van der Waals surface area contributed by atoms with Crippen molar-refractivity contribution in [3.05, 3.63) is 24.0 Å². The second-order valence-corrected chi connectivity index (χ2v) is 7.39. The minimum atomic E-state index is -0.840. The fraction of sp³-hybridized carbons (Fsp3) is 0.632. The average molecular weight is 361 g/mol. The number of likely N-dealkylation sites (tertiary alicyclic amines) is 1. The lowest BCUT2D eigenvalue weighted by atomic mass is 9.90. The van der Waals surface area contributed by atoms with E-state index in [4.69, 9.17) is 4.74 Å². The number of nitrogens with zero attached hydrogens (tertiary/aromatic N) is 3. The van der Waals surface area contributed by atoms with Crippen LogP contribution in [0, 0.1) is 5.92 Å². The Kier molecular flexibility index (Phi) is 5.46. The van der Waals surface area contributed by atoms with E-state index in [2.05, 4.69) is 9.88 Å². The molecule has 0 spiro atoms. The number of hydrogen-bond donors (Lipinski definition) is 1. The Hall–Kier alpha value is -2.15. The van der Waals surface area contributed by atoms with E-state index in [9.17, 15) is 14.7 Å². The summed E-state index contributed by atoms with van der Waals surface area (Å²) < 4.78 is 5.77. The molecule has 0 radical (unpaired) electrons. The summed E-state index contributed by atoms with van der Waals surface area (Å²) in [5.74, 6) is -1.55. The molecule has 2 aliphatic heterocycles. The number of amides is 1. The standard InChI is InChI=1S/C19H27N3O4/c1-12-10-21(11-13(2)26-12)15-6-7-20-17(9-15)18(23)22-8-4-5-16(14(22)3)19(24)25/h6-7,9,12-14,16H,4-5,8,10-11H2,1-3H3,(H,24,25)/t12?,13?,14-,16-/m0/s1. The lowest BCUT2D eigenvalue weighted by Crippen LogP contribution is -2.49. The highest BCUT2D eigenvalue weighted by Gasteiger charge is 2.36. The number of carbonyl (C=O) groups excluding carboxylic acids is 1. The average Bonchev–Trinajstić information content (AvgIpc) is 2.60. The predicted octanol–water partition coefficient (Wildman–Crippen LogP) is 2.02. The predicted molar refractivity (Wildman–Crippen MR) is 97.3 cm³/mol. The molecule has 3 heterocycles. The normalized spacial score (nSPS) is 29.5. The van der Waals surface area contributed by atoms with Gasteiger partial charge in [-0.05, 0) is 45.7 Å². The van der Waals surface area contributed by atoms with Crippen LogP contribution in [0.4, 0.5) is 5.69 Å². The van der Waals surface area contributed by atoms with Gasteiger partial charge in [0.05, 0.1) is 18.1 Å². The maximum atomic E-state index is 13.0. The number of rotatable bonds is 3. The molecule has 0 aromatic carbocycles. The summed E-state index contributed by atoms with van der Waals surface area (Å²) in [6.07, 6.45) is 3.22. The molecule has 1 N–H and O–H groups in total. The molecule has 2 unspecified atom stereocenters. The molecule has 2 saturated heterocycles. The number of pyridine rings is 1. The minimum Gasteiger partial charge on any atom is -0.481 e. The van der Waals surface area contributed by atoms with Crippen molar-refractivity contribution >= 4 is 17.6 Å². The van der Waals surface area contributed by atoms with Gasteiger partial charge in [0.1, 0.15) is 5.69 Å². The Morgan fingerprint density at radius 3 is 2.58 bits per heavy atom. The van der Waals surface area contributed by atoms with Gasteiger partial charge < -0.3 is 19.6 Å². The summed E-state index contributed by atoms with van der Waals surface area (Å²) in [4.78, 5) is 32.5. The Morgan fingerprint density at radius 2 is 1.92 bits per heavy atom. The largest absolute Gasteiger partial charge is 0.481 e. The molecular weight excluding hydrogens is 334 g/mol. The summed E-state index contributed by atoms with van der Waals surface area (Å²) in [6.45, 7) is 7.99. The Balaban J connectivity index is 1.79. The molecule has 1 aromatic heterocycles. The number of aromatic nitrogens is 1. The highest BCUT2D eigenvalue weighted by molar-refractivity contribution is 5.94. The van der Waals surface area contributed by atoms with Crippen molar-refractivity contribution in [3.8, 4) is 0 Å². The van der Waals surface area contributed by atoms with Crippen LogP contribution in [0.15, 0.2) is 18.3 Å². The van der Waals surface area contributed by atoms with Gasteiger partial charge in [0.25, 0.3) is 5.91 Å². The van der Waals surface area contributed by atoms with Gasteiger partial charge in [0, 0.05) is 37.6 Å². The van der Waals surface area contributed by atoms with E-state index in [-0.39, 0.29) is 24.2 Å². The van der Waals surface area contributed by atoms with E-state index in [1.54, 1.807) is 11.1 Å². The van der Waals surface area contributed by atoms with Crippen molar-refractivity contribution in [2.24, 2.45) is 5.92 Å². The molecule has 26 heavy (non-hydrogen) atoms. The molecule has 1 aromatic rings. The number of carboxylic acid groups (broad SMARTS) is 1. The summed E-state index contributed by atoms with van der Waals surface area (Å²) >= 11 is 0. The molecule has 0 bridgehead atoms. The third kappa shape index (κ3) is 3.82. The number of ether oxygens (including phenoxy) is 1. The highest BCUT2D eigenvalue weighted by atomic mass is 16.5. The molecule has 0 saturated carbocycles. The van der Waals surface area contributed by atoms with Crippen LogP contribution in [0.1, 0.15) is 44.1 Å². The van der Waals surface area contributed by atoms with Crippen molar-refractivity contribution in [1.82, 2.24) is 9.88 Å². The first-order valence-electron chi connectivity index (χ1n) is 9.27. The third-order valence-corrected chi connectivity index (χ3v) is 5.31. The zero-order valence-corrected chi connectivity index (χ0v) is 15.6. The van der Waals surface area contributed by atoms with Crippen LogP contribution < -0.4 is 4.90 Å². The van der Waals surface area contributed by atoms with Crippen molar-refractivity contribution in [1.29, 1.82) is 0 Å². The molecule has 142 valence electrons. The summed E-state index contributed by atoms with van der Waals surface area (Å²) in [6, 6.07) is 3.38. The second-order valence-electron chi connectivity index (χ2n) is 7.39. The quantitative estimate of drug-likeness (QED) is 0.887. The van der Waals surface area contributed by atoms with Gasteiger partial charge in [-0.2, -0.15) is 0 Å². The van der Waals surface area contributed by atoms with Crippen molar-refractivity contribution in [3.63, 3.8) is 0 Å². The molecule has 7 heteroatoms. The smallest absolute Gasteiger partial charge is 0.308 e. The van der Waals surface area contributed by atoms with E-state index in [1.807, 2.05) is 32.9 Å². The van der Waals surface area contributed by atoms with Crippen LogP contribution >= 0.6 is 0 Å². The van der Waals surface area contributed by atoms with Gasteiger partial charge in [0.15, 0.2) is 0 Å². The first-order chi connectivity index (χ1) is 12.4. The highest BCUT2D eigenvalue weighted by Crippen LogP contribution is 2.26. The number of anilines is 1. The molecule has 0 aliphatic carbocycles. The zero-order chi connectivity index (χ0) is 18.8. The Bertz CT molecular complexity index is 671. The first kappa shape index (κ1) is 18.6. The lowest BCUT2D eigenvalue weighted by molar-refractivity contribution is -0.144. The topological polar surface area (TPSA) is 83.0 Å². The van der Waals surface area contributed by atoms with Crippen LogP contribution in [0.25, 0.3) is 0 Å². The molecule has 2 fully saturated rings. The monoisotopic (exact) mass is 361 g/mol. The molecule has 2 aliphatic rings. The maximum Gasteiger partial charge on any atom is 0.308 e. The molecule has 1 amide bonds. The lowest BCUT2D eigenvalue weighted by Gasteiger charge is -2.38. The minimum absolute atomic E-state index is 0.129. The van der Waals surface area contributed by atoms with Crippen molar-refractivity contribution in [2.75, 3.05) is 24.5 Å². The number of morpholine rings is 1. The van der Waals surface area contributed by atoms with E-state index in [0.717, 1.165) is 18.8 Å². The number of hydrogen-bond acceptors (Lipinski definition) is 5. The van der Waals surface area contributed by atoms with Gasteiger partial charge in [-0.1, -0.05) is 0 Å². The summed E-state index contributed by atoms with van der Waals surface area (Å²) in [5, 5.41) is 9.37. The van der Waals surface area contributed by atoms with Gasteiger partial charge in [0.2, 0.25) is 0 Å². The molecule has 7 nitrogen and oxygen atoms in total. The molecule has 3 rings (SSSR count).